The topological polar surface area (TPSA) is 27.0 Å². The van der Waals surface area contributed by atoms with Gasteiger partial charge in [0, 0.05) is 5.75 Å². The highest BCUT2D eigenvalue weighted by Gasteiger charge is 2.44. The van der Waals surface area contributed by atoms with Crippen molar-refractivity contribution in [2.24, 2.45) is 5.41 Å². The molecule has 0 saturated carbocycles. The van der Waals surface area contributed by atoms with E-state index < -0.39 is 0 Å². The van der Waals surface area contributed by atoms with Crippen LogP contribution in [0.4, 0.5) is 0 Å². The summed E-state index contributed by atoms with van der Waals surface area (Å²) in [4.78, 5) is 2.49. The van der Waals surface area contributed by atoms with Crippen molar-refractivity contribution in [1.29, 1.82) is 5.26 Å². The minimum absolute atomic E-state index is 0.184. The summed E-state index contributed by atoms with van der Waals surface area (Å²) < 4.78 is 0. The molecule has 0 radical (unpaired) electrons. The predicted molar refractivity (Wildman–Crippen MR) is 74.1 cm³/mol. The lowest BCUT2D eigenvalue weighted by atomic mass is 9.79. The standard InChI is InChI=1S/C14H24N2S/c1-13(2)9-14(10-15,12-17-11-13)16-7-5-3-4-6-8-16/h3-9,11-12H2,1-2H3. The second-order valence-corrected chi connectivity index (χ2v) is 7.36. The van der Waals surface area contributed by atoms with Gasteiger partial charge in [-0.3, -0.25) is 4.90 Å². The third kappa shape index (κ3) is 2.98. The number of rotatable bonds is 1. The van der Waals surface area contributed by atoms with Gasteiger partial charge in [-0.05, 0) is 43.5 Å². The summed E-state index contributed by atoms with van der Waals surface area (Å²) in [5.41, 5.74) is 0.127. The molecule has 2 fully saturated rings. The molecule has 0 N–H and O–H groups in total. The van der Waals surface area contributed by atoms with Crippen LogP contribution in [0.5, 0.6) is 0 Å². The van der Waals surface area contributed by atoms with Crippen LogP contribution in [0.2, 0.25) is 0 Å². The SMILES string of the molecule is CC1(C)CSCC(C#N)(N2CCCCCC2)C1. The van der Waals surface area contributed by atoms with E-state index in [-0.39, 0.29) is 5.54 Å². The Kier molecular flexibility index (Phi) is 4.05. The van der Waals surface area contributed by atoms with E-state index in [9.17, 15) is 5.26 Å². The summed E-state index contributed by atoms with van der Waals surface area (Å²) in [6.07, 6.45) is 6.27. The highest BCUT2D eigenvalue weighted by Crippen LogP contribution is 2.42. The fourth-order valence-corrected chi connectivity index (χ4v) is 4.68. The van der Waals surface area contributed by atoms with Crippen molar-refractivity contribution in [3.05, 3.63) is 0 Å². The van der Waals surface area contributed by atoms with E-state index in [1.807, 2.05) is 11.8 Å². The Labute approximate surface area is 110 Å². The molecule has 0 aliphatic carbocycles. The summed E-state index contributed by atoms with van der Waals surface area (Å²) >= 11 is 1.97. The Morgan fingerprint density at radius 2 is 1.71 bits per heavy atom. The van der Waals surface area contributed by atoms with E-state index in [1.165, 1.54) is 31.4 Å². The predicted octanol–water partition coefficient (Wildman–Crippen LogP) is 3.29. The first-order valence-corrected chi connectivity index (χ1v) is 7.98. The lowest BCUT2D eigenvalue weighted by Crippen LogP contribution is -2.55. The van der Waals surface area contributed by atoms with E-state index in [4.69, 9.17) is 0 Å². The highest BCUT2D eigenvalue weighted by molar-refractivity contribution is 7.99. The van der Waals surface area contributed by atoms with E-state index in [2.05, 4.69) is 24.8 Å². The summed E-state index contributed by atoms with van der Waals surface area (Å²) in [6, 6.07) is 2.68. The van der Waals surface area contributed by atoms with Gasteiger partial charge in [0.1, 0.15) is 5.54 Å². The van der Waals surface area contributed by atoms with Gasteiger partial charge in [0.15, 0.2) is 0 Å². The van der Waals surface area contributed by atoms with Crippen molar-refractivity contribution < 1.29 is 0 Å². The molecule has 1 unspecified atom stereocenters. The van der Waals surface area contributed by atoms with Crippen molar-refractivity contribution in [3.8, 4) is 6.07 Å². The van der Waals surface area contributed by atoms with Crippen LogP contribution in [-0.2, 0) is 0 Å². The minimum atomic E-state index is -0.184. The maximum atomic E-state index is 9.71. The van der Waals surface area contributed by atoms with Gasteiger partial charge < -0.3 is 0 Å². The van der Waals surface area contributed by atoms with Crippen molar-refractivity contribution in [3.63, 3.8) is 0 Å². The van der Waals surface area contributed by atoms with Gasteiger partial charge in [-0.1, -0.05) is 26.7 Å². The first-order chi connectivity index (χ1) is 8.08. The Hall–Kier alpha value is -0.200. The number of nitriles is 1. The molecule has 0 bridgehead atoms. The third-order valence-corrected chi connectivity index (χ3v) is 5.69. The van der Waals surface area contributed by atoms with Crippen LogP contribution in [-0.4, -0.2) is 35.0 Å². The number of hydrogen-bond acceptors (Lipinski definition) is 3. The Balaban J connectivity index is 2.15. The molecule has 3 heteroatoms. The molecular formula is C14H24N2S. The number of hydrogen-bond donors (Lipinski definition) is 0. The smallest absolute Gasteiger partial charge is 0.118 e. The van der Waals surface area contributed by atoms with Crippen LogP contribution in [0.25, 0.3) is 0 Å². The molecule has 0 spiro atoms. The van der Waals surface area contributed by atoms with Crippen molar-refractivity contribution in [2.75, 3.05) is 24.6 Å². The van der Waals surface area contributed by atoms with E-state index >= 15 is 0 Å². The van der Waals surface area contributed by atoms with Crippen molar-refractivity contribution >= 4 is 11.8 Å². The average Bonchev–Trinajstić information content (AvgIpc) is 2.56. The fraction of sp³-hybridized carbons (Fsp3) is 0.929. The van der Waals surface area contributed by atoms with E-state index in [0.717, 1.165) is 25.3 Å². The molecule has 2 rings (SSSR count). The van der Waals surface area contributed by atoms with Crippen LogP contribution in [0, 0.1) is 16.7 Å². The monoisotopic (exact) mass is 252 g/mol. The summed E-state index contributed by atoms with van der Waals surface area (Å²) in [7, 11) is 0. The highest BCUT2D eigenvalue weighted by atomic mass is 32.2. The zero-order valence-electron chi connectivity index (χ0n) is 11.2. The third-order valence-electron chi connectivity index (χ3n) is 4.02. The quantitative estimate of drug-likeness (QED) is 0.716. The molecule has 2 aliphatic rings. The molecule has 0 aromatic rings. The first-order valence-electron chi connectivity index (χ1n) is 6.82. The molecule has 0 aromatic heterocycles. The maximum Gasteiger partial charge on any atom is 0.118 e. The van der Waals surface area contributed by atoms with Crippen molar-refractivity contribution in [1.82, 2.24) is 4.90 Å². The van der Waals surface area contributed by atoms with Crippen molar-refractivity contribution in [2.45, 2.75) is 51.5 Å². The summed E-state index contributed by atoms with van der Waals surface area (Å²) in [5, 5.41) is 9.71. The molecule has 2 heterocycles. The van der Waals surface area contributed by atoms with Gasteiger partial charge in [0.05, 0.1) is 6.07 Å². The second kappa shape index (κ2) is 5.20. The van der Waals surface area contributed by atoms with Crippen LogP contribution < -0.4 is 0 Å². The van der Waals surface area contributed by atoms with E-state index in [1.54, 1.807) is 0 Å². The average molecular weight is 252 g/mol. The maximum absolute atomic E-state index is 9.71. The first kappa shape index (κ1) is 13.2. The van der Waals surface area contributed by atoms with Gasteiger partial charge >= 0.3 is 0 Å². The molecule has 0 aromatic carbocycles. The largest absolute Gasteiger partial charge is 0.285 e. The zero-order chi connectivity index (χ0) is 12.4. The lowest BCUT2D eigenvalue weighted by Gasteiger charge is -2.46. The van der Waals surface area contributed by atoms with Gasteiger partial charge in [-0.2, -0.15) is 17.0 Å². The Morgan fingerprint density at radius 1 is 1.06 bits per heavy atom. The Bertz CT molecular complexity index is 300. The number of thioether (sulfide) groups is 1. The van der Waals surface area contributed by atoms with Gasteiger partial charge in [-0.15, -0.1) is 0 Å². The molecule has 2 aliphatic heterocycles. The summed E-state index contributed by atoms with van der Waals surface area (Å²) in [6.45, 7) is 6.88. The lowest BCUT2D eigenvalue weighted by molar-refractivity contribution is 0.110. The van der Waals surface area contributed by atoms with Crippen LogP contribution in [0.3, 0.4) is 0 Å². The van der Waals surface area contributed by atoms with Gasteiger partial charge in [0.2, 0.25) is 0 Å². The molecule has 1 atom stereocenters. The Morgan fingerprint density at radius 3 is 2.24 bits per heavy atom. The minimum Gasteiger partial charge on any atom is -0.285 e. The second-order valence-electron chi connectivity index (χ2n) is 6.38. The van der Waals surface area contributed by atoms with Crippen LogP contribution in [0.1, 0.15) is 46.0 Å². The van der Waals surface area contributed by atoms with Crippen LogP contribution >= 0.6 is 11.8 Å². The molecule has 2 saturated heterocycles. The fourth-order valence-electron chi connectivity index (χ4n) is 3.23. The molecule has 0 amide bonds. The number of likely N-dealkylation sites (tertiary alicyclic amines) is 1. The molecule has 96 valence electrons. The molecular weight excluding hydrogens is 228 g/mol. The van der Waals surface area contributed by atoms with Crippen LogP contribution in [0.15, 0.2) is 0 Å². The van der Waals surface area contributed by atoms with E-state index in [0.29, 0.717) is 5.41 Å². The normalized spacial score (nSPS) is 34.9. The molecule has 2 nitrogen and oxygen atoms in total. The van der Waals surface area contributed by atoms with Gasteiger partial charge in [0.25, 0.3) is 0 Å². The molecule has 17 heavy (non-hydrogen) atoms. The van der Waals surface area contributed by atoms with Gasteiger partial charge in [-0.25, -0.2) is 0 Å². The summed E-state index contributed by atoms with van der Waals surface area (Å²) in [5.74, 6) is 2.21. The zero-order valence-corrected chi connectivity index (χ0v) is 12.0. The number of nitrogens with zero attached hydrogens (tertiary/aromatic N) is 2.